The van der Waals surface area contributed by atoms with Gasteiger partial charge in [0.15, 0.2) is 10.8 Å². The number of piperidine rings is 1. The molecule has 4 rings (SSSR count). The third-order valence-electron chi connectivity index (χ3n) is 6.14. The molecule has 8 nitrogen and oxygen atoms in total. The number of sulfonamides is 1. The van der Waals surface area contributed by atoms with Gasteiger partial charge >= 0.3 is 5.97 Å². The normalized spacial score (nSPS) is 23.2. The van der Waals surface area contributed by atoms with E-state index in [0.717, 1.165) is 16.6 Å². The van der Waals surface area contributed by atoms with Crippen LogP contribution < -0.4 is 5.32 Å². The van der Waals surface area contributed by atoms with Gasteiger partial charge in [-0.25, -0.2) is 27.0 Å². The standard InChI is InChI=1S/C23H25ClF2N4O4S2/c1-3-34-23(31)18-19(13-6-8-30(36(2,32)33)15(10-13)12-25)28-21(22-27-7-9-35-22)29-20(18)16-5-4-14(26)11-17(16)24/h4-5,7,9,11,13,15,20H,3,6,8,10,12H2,1-2H3,(H,28,29)/t13-,15-,20?/m1/s1. The number of hydrogen-bond acceptors (Lipinski definition) is 8. The largest absolute Gasteiger partial charge is 0.463 e. The van der Waals surface area contributed by atoms with Crippen LogP contribution in [0.3, 0.4) is 0 Å². The Labute approximate surface area is 217 Å². The SMILES string of the molecule is CCOC(=O)C1=C([C@@H]2CCN(S(C)(=O)=O)[C@@H](CF)C2)NC(c2nccs2)=NC1c1ccc(F)cc1Cl. The summed E-state index contributed by atoms with van der Waals surface area (Å²) in [4.78, 5) is 22.3. The second kappa shape index (κ2) is 10.9. The maximum atomic E-state index is 14.0. The zero-order valence-corrected chi connectivity index (χ0v) is 22.0. The van der Waals surface area contributed by atoms with Crippen LogP contribution in [0.4, 0.5) is 8.78 Å². The van der Waals surface area contributed by atoms with Crippen molar-refractivity contribution in [3.05, 3.63) is 62.5 Å². The number of nitrogens with one attached hydrogen (secondary N) is 1. The zero-order chi connectivity index (χ0) is 26.0. The minimum Gasteiger partial charge on any atom is -0.463 e. The van der Waals surface area contributed by atoms with E-state index in [1.54, 1.807) is 18.5 Å². The van der Waals surface area contributed by atoms with Crippen LogP contribution in [0.15, 0.2) is 46.0 Å². The highest BCUT2D eigenvalue weighted by Gasteiger charge is 2.41. The maximum absolute atomic E-state index is 14.0. The number of esters is 1. The van der Waals surface area contributed by atoms with E-state index in [1.807, 2.05) is 0 Å². The van der Waals surface area contributed by atoms with E-state index in [0.29, 0.717) is 28.5 Å². The predicted molar refractivity (Wildman–Crippen MR) is 134 cm³/mol. The summed E-state index contributed by atoms with van der Waals surface area (Å²) in [7, 11) is -3.61. The fourth-order valence-electron chi connectivity index (χ4n) is 4.59. The summed E-state index contributed by atoms with van der Waals surface area (Å²) in [5, 5.41) is 5.62. The van der Waals surface area contributed by atoms with Crippen molar-refractivity contribution in [3.8, 4) is 0 Å². The van der Waals surface area contributed by atoms with Gasteiger partial charge in [0.25, 0.3) is 0 Å². The van der Waals surface area contributed by atoms with Crippen LogP contribution in [0.1, 0.15) is 36.4 Å². The number of aromatic nitrogens is 1. The van der Waals surface area contributed by atoms with Gasteiger partial charge in [0.1, 0.15) is 18.5 Å². The van der Waals surface area contributed by atoms with E-state index in [1.165, 1.54) is 23.5 Å². The van der Waals surface area contributed by atoms with Gasteiger partial charge in [0, 0.05) is 40.3 Å². The Morgan fingerprint density at radius 3 is 2.78 bits per heavy atom. The summed E-state index contributed by atoms with van der Waals surface area (Å²) in [5.41, 5.74) is 1.01. The number of alkyl halides is 1. The number of allylic oxidation sites excluding steroid dienone is 1. The lowest BCUT2D eigenvalue weighted by molar-refractivity contribution is -0.139. The molecular weight excluding hydrogens is 534 g/mol. The second-order valence-electron chi connectivity index (χ2n) is 8.46. The van der Waals surface area contributed by atoms with Crippen LogP contribution in [0.5, 0.6) is 0 Å². The zero-order valence-electron chi connectivity index (χ0n) is 19.6. The van der Waals surface area contributed by atoms with Crippen molar-refractivity contribution in [1.82, 2.24) is 14.6 Å². The Hall–Kier alpha value is -2.41. The van der Waals surface area contributed by atoms with Gasteiger partial charge < -0.3 is 10.1 Å². The molecule has 0 saturated carbocycles. The van der Waals surface area contributed by atoms with Crippen LogP contribution in [0, 0.1) is 11.7 Å². The average Bonchev–Trinajstić information content (AvgIpc) is 3.37. The molecule has 13 heteroatoms. The Morgan fingerprint density at radius 2 is 2.17 bits per heavy atom. The molecular formula is C23H25ClF2N4O4S2. The Morgan fingerprint density at radius 1 is 1.39 bits per heavy atom. The minimum atomic E-state index is -3.61. The number of carbonyl (C=O) groups excluding carboxylic acids is 1. The summed E-state index contributed by atoms with van der Waals surface area (Å²) < 4.78 is 58.7. The number of amidine groups is 1. The number of nitrogens with zero attached hydrogens (tertiary/aromatic N) is 3. The molecule has 0 amide bonds. The number of benzene rings is 1. The van der Waals surface area contributed by atoms with Gasteiger partial charge in [-0.05, 0) is 31.9 Å². The predicted octanol–water partition coefficient (Wildman–Crippen LogP) is 3.85. The average molecular weight is 559 g/mol. The third-order valence-corrected chi connectivity index (χ3v) is 8.58. The first-order valence-corrected chi connectivity index (χ1v) is 14.4. The molecule has 194 valence electrons. The molecule has 3 atom stereocenters. The van der Waals surface area contributed by atoms with Crippen molar-refractivity contribution in [2.45, 2.75) is 31.8 Å². The molecule has 0 bridgehead atoms. The van der Waals surface area contributed by atoms with Gasteiger partial charge in [-0.2, -0.15) is 4.31 Å². The third kappa shape index (κ3) is 5.46. The summed E-state index contributed by atoms with van der Waals surface area (Å²) in [6, 6.07) is 2.01. The van der Waals surface area contributed by atoms with E-state index < -0.39 is 46.5 Å². The maximum Gasteiger partial charge on any atom is 0.338 e. The van der Waals surface area contributed by atoms with Gasteiger partial charge in [-0.15, -0.1) is 11.3 Å². The topological polar surface area (TPSA) is 101 Å². The van der Waals surface area contributed by atoms with Crippen LogP contribution in [0.2, 0.25) is 5.02 Å². The highest BCUT2D eigenvalue weighted by molar-refractivity contribution is 7.88. The fraction of sp³-hybridized carbons (Fsp3) is 0.435. The quantitative estimate of drug-likeness (QED) is 0.518. The van der Waals surface area contributed by atoms with Gasteiger partial charge in [0.2, 0.25) is 10.0 Å². The molecule has 0 radical (unpaired) electrons. The van der Waals surface area contributed by atoms with Crippen LogP contribution in [0.25, 0.3) is 0 Å². The molecule has 1 N–H and O–H groups in total. The van der Waals surface area contributed by atoms with Crippen molar-refractivity contribution in [3.63, 3.8) is 0 Å². The molecule has 2 aromatic rings. The first kappa shape index (κ1) is 26.6. The molecule has 3 heterocycles. The molecule has 1 fully saturated rings. The molecule has 2 aliphatic rings. The summed E-state index contributed by atoms with van der Waals surface area (Å²) in [6.07, 6.45) is 3.14. The minimum absolute atomic E-state index is 0.0822. The number of thiazole rings is 1. The number of aliphatic imine (C=N–C) groups is 1. The number of hydrogen-bond donors (Lipinski definition) is 1. The summed E-state index contributed by atoms with van der Waals surface area (Å²) >= 11 is 7.72. The Bertz CT molecular complexity index is 1300. The van der Waals surface area contributed by atoms with E-state index in [2.05, 4.69) is 10.3 Å². The lowest BCUT2D eigenvalue weighted by atomic mass is 9.84. The van der Waals surface area contributed by atoms with Crippen LogP contribution in [-0.2, 0) is 19.6 Å². The van der Waals surface area contributed by atoms with Crippen molar-refractivity contribution >= 4 is 44.8 Å². The lowest BCUT2D eigenvalue weighted by Crippen LogP contribution is -2.49. The van der Waals surface area contributed by atoms with Gasteiger partial charge in [-0.1, -0.05) is 17.7 Å². The lowest BCUT2D eigenvalue weighted by Gasteiger charge is -2.39. The van der Waals surface area contributed by atoms with Crippen molar-refractivity contribution in [2.24, 2.45) is 10.9 Å². The molecule has 0 spiro atoms. The van der Waals surface area contributed by atoms with Gasteiger partial charge in [0.05, 0.1) is 24.5 Å². The van der Waals surface area contributed by atoms with Crippen LogP contribution in [-0.4, -0.2) is 61.6 Å². The van der Waals surface area contributed by atoms with Crippen LogP contribution >= 0.6 is 22.9 Å². The molecule has 1 aromatic heterocycles. The van der Waals surface area contributed by atoms with E-state index >= 15 is 0 Å². The van der Waals surface area contributed by atoms with Crippen molar-refractivity contribution < 1.29 is 26.7 Å². The Kier molecular flexibility index (Phi) is 8.08. The monoisotopic (exact) mass is 558 g/mol. The number of ether oxygens (including phenoxy) is 1. The summed E-state index contributed by atoms with van der Waals surface area (Å²) in [5.74, 6) is -1.21. The fourth-order valence-corrected chi connectivity index (χ4v) is 6.57. The summed E-state index contributed by atoms with van der Waals surface area (Å²) in [6.45, 7) is 0.988. The first-order valence-electron chi connectivity index (χ1n) is 11.3. The smallest absolute Gasteiger partial charge is 0.338 e. The highest BCUT2D eigenvalue weighted by Crippen LogP contribution is 2.41. The van der Waals surface area contributed by atoms with E-state index in [-0.39, 0.29) is 30.2 Å². The van der Waals surface area contributed by atoms with E-state index in [9.17, 15) is 22.0 Å². The molecule has 2 aliphatic heterocycles. The molecule has 1 unspecified atom stereocenters. The van der Waals surface area contributed by atoms with E-state index in [4.69, 9.17) is 21.3 Å². The van der Waals surface area contributed by atoms with Gasteiger partial charge in [-0.3, -0.25) is 4.99 Å². The highest BCUT2D eigenvalue weighted by atomic mass is 35.5. The Balaban J connectivity index is 1.85. The number of rotatable bonds is 7. The van der Waals surface area contributed by atoms with Crippen molar-refractivity contribution in [1.29, 1.82) is 0 Å². The van der Waals surface area contributed by atoms with Crippen molar-refractivity contribution in [2.75, 3.05) is 26.1 Å². The molecule has 1 aromatic carbocycles. The number of carbonyl (C=O) groups is 1. The molecule has 0 aliphatic carbocycles. The first-order chi connectivity index (χ1) is 17.1. The molecule has 1 saturated heterocycles. The molecule has 36 heavy (non-hydrogen) atoms. The second-order valence-corrected chi connectivity index (χ2v) is 11.7. The number of halogens is 3.